The highest BCUT2D eigenvalue weighted by atomic mass is 32.2. The summed E-state index contributed by atoms with van der Waals surface area (Å²) in [5.74, 6) is 0.907. The van der Waals surface area contributed by atoms with Gasteiger partial charge in [-0.05, 0) is 48.7 Å². The minimum atomic E-state index is -4.54. The zero-order chi connectivity index (χ0) is 24.2. The third kappa shape index (κ3) is 3.48. The van der Waals surface area contributed by atoms with E-state index in [1.54, 1.807) is 7.11 Å². The SMILES string of the molecule is COc1c(-c2ccc(C)c(C)c2)cccc1-c1nc2c(cc(S(=O)(=O)O)c3cccc(O)c32)[nH]1. The van der Waals surface area contributed by atoms with Crippen LogP contribution in [0.4, 0.5) is 0 Å². The molecule has 0 unspecified atom stereocenters. The van der Waals surface area contributed by atoms with Gasteiger partial charge >= 0.3 is 0 Å². The van der Waals surface area contributed by atoms with Crippen molar-refractivity contribution < 1.29 is 22.8 Å². The van der Waals surface area contributed by atoms with E-state index in [9.17, 15) is 18.1 Å². The molecule has 0 aliphatic carbocycles. The summed E-state index contributed by atoms with van der Waals surface area (Å²) < 4.78 is 39.7. The van der Waals surface area contributed by atoms with Crippen molar-refractivity contribution in [2.24, 2.45) is 0 Å². The number of hydrogen-bond acceptors (Lipinski definition) is 5. The lowest BCUT2D eigenvalue weighted by molar-refractivity contribution is 0.418. The van der Waals surface area contributed by atoms with Crippen LogP contribution in [0.3, 0.4) is 0 Å². The number of para-hydroxylation sites is 1. The van der Waals surface area contributed by atoms with Gasteiger partial charge in [-0.25, -0.2) is 4.98 Å². The Labute approximate surface area is 196 Å². The molecule has 1 heterocycles. The Morgan fingerprint density at radius 3 is 2.38 bits per heavy atom. The number of nitrogens with zero attached hydrogens (tertiary/aromatic N) is 1. The summed E-state index contributed by atoms with van der Waals surface area (Å²) in [6, 6.07) is 17.7. The van der Waals surface area contributed by atoms with Crippen LogP contribution in [0.1, 0.15) is 11.1 Å². The highest BCUT2D eigenvalue weighted by Crippen LogP contribution is 2.41. The fraction of sp³-hybridized carbons (Fsp3) is 0.115. The zero-order valence-corrected chi connectivity index (χ0v) is 19.6. The molecule has 1 aromatic heterocycles. The highest BCUT2D eigenvalue weighted by molar-refractivity contribution is 7.86. The molecule has 0 amide bonds. The van der Waals surface area contributed by atoms with Gasteiger partial charge in [-0.2, -0.15) is 8.42 Å². The largest absolute Gasteiger partial charge is 0.507 e. The number of nitrogens with one attached hydrogen (secondary N) is 1. The minimum Gasteiger partial charge on any atom is -0.507 e. The zero-order valence-electron chi connectivity index (χ0n) is 18.7. The molecule has 0 atom stereocenters. The van der Waals surface area contributed by atoms with Gasteiger partial charge in [0.15, 0.2) is 0 Å². The third-order valence-electron chi connectivity index (χ3n) is 6.12. The van der Waals surface area contributed by atoms with Crippen LogP contribution in [0, 0.1) is 13.8 Å². The van der Waals surface area contributed by atoms with Crippen LogP contribution in [0.2, 0.25) is 0 Å². The van der Waals surface area contributed by atoms with Gasteiger partial charge in [0.1, 0.15) is 27.7 Å². The maximum atomic E-state index is 12.1. The lowest BCUT2D eigenvalue weighted by Crippen LogP contribution is -1.99. The molecule has 0 fully saturated rings. The number of aryl methyl sites for hydroxylation is 2. The van der Waals surface area contributed by atoms with Gasteiger partial charge in [-0.1, -0.05) is 42.5 Å². The minimum absolute atomic E-state index is 0.137. The Kier molecular flexibility index (Phi) is 5.07. The number of aromatic amines is 1. The van der Waals surface area contributed by atoms with Crippen molar-refractivity contribution in [1.82, 2.24) is 9.97 Å². The van der Waals surface area contributed by atoms with Crippen molar-refractivity contribution in [3.8, 4) is 34.0 Å². The van der Waals surface area contributed by atoms with Crippen LogP contribution in [-0.4, -0.2) is 35.2 Å². The molecule has 34 heavy (non-hydrogen) atoms. The molecule has 172 valence electrons. The van der Waals surface area contributed by atoms with E-state index in [4.69, 9.17) is 9.72 Å². The van der Waals surface area contributed by atoms with E-state index in [1.165, 1.54) is 29.8 Å². The van der Waals surface area contributed by atoms with E-state index in [0.29, 0.717) is 28.2 Å². The molecule has 0 saturated heterocycles. The first kappa shape index (κ1) is 21.9. The molecule has 5 aromatic rings. The quantitative estimate of drug-likeness (QED) is 0.291. The first-order valence-corrected chi connectivity index (χ1v) is 12.0. The molecular formula is C26H22N2O5S. The van der Waals surface area contributed by atoms with E-state index in [2.05, 4.69) is 31.0 Å². The Morgan fingerprint density at radius 2 is 1.68 bits per heavy atom. The summed E-state index contributed by atoms with van der Waals surface area (Å²) in [7, 11) is -2.95. The number of phenolic OH excluding ortho intramolecular Hbond substituents is 1. The Morgan fingerprint density at radius 1 is 0.941 bits per heavy atom. The van der Waals surface area contributed by atoms with E-state index in [1.807, 2.05) is 24.3 Å². The first-order valence-electron chi connectivity index (χ1n) is 10.6. The maximum Gasteiger partial charge on any atom is 0.295 e. The number of phenols is 1. The van der Waals surface area contributed by atoms with E-state index in [-0.39, 0.29) is 21.4 Å². The molecule has 0 spiro atoms. The molecule has 0 radical (unpaired) electrons. The summed E-state index contributed by atoms with van der Waals surface area (Å²) in [6.45, 7) is 4.11. The fourth-order valence-corrected chi connectivity index (χ4v) is 5.02. The molecular weight excluding hydrogens is 452 g/mol. The summed E-state index contributed by atoms with van der Waals surface area (Å²) in [5.41, 5.74) is 5.64. The van der Waals surface area contributed by atoms with Gasteiger partial charge in [0.05, 0.1) is 23.6 Å². The summed E-state index contributed by atoms with van der Waals surface area (Å²) in [4.78, 5) is 7.53. The van der Waals surface area contributed by atoms with Gasteiger partial charge in [-0.3, -0.25) is 4.55 Å². The van der Waals surface area contributed by atoms with Crippen molar-refractivity contribution in [3.63, 3.8) is 0 Å². The number of fused-ring (bicyclic) bond motifs is 3. The number of benzene rings is 4. The molecule has 3 N–H and O–H groups in total. The van der Waals surface area contributed by atoms with Crippen LogP contribution >= 0.6 is 0 Å². The molecule has 0 aliphatic rings. The van der Waals surface area contributed by atoms with Gasteiger partial charge in [0.2, 0.25) is 0 Å². The van der Waals surface area contributed by atoms with Crippen LogP contribution in [0.15, 0.2) is 65.6 Å². The van der Waals surface area contributed by atoms with Crippen molar-refractivity contribution in [3.05, 3.63) is 71.8 Å². The molecule has 8 heteroatoms. The van der Waals surface area contributed by atoms with Crippen molar-refractivity contribution in [2.75, 3.05) is 7.11 Å². The third-order valence-corrected chi connectivity index (χ3v) is 7.02. The fourth-order valence-electron chi connectivity index (χ4n) is 4.31. The Bertz CT molecular complexity index is 1700. The maximum absolute atomic E-state index is 12.1. The van der Waals surface area contributed by atoms with Crippen LogP contribution in [0.25, 0.3) is 44.3 Å². The van der Waals surface area contributed by atoms with Crippen LogP contribution in [0.5, 0.6) is 11.5 Å². The van der Waals surface area contributed by atoms with Gasteiger partial charge in [0, 0.05) is 10.9 Å². The number of ether oxygens (including phenoxy) is 1. The number of aromatic hydroxyl groups is 1. The van der Waals surface area contributed by atoms with Gasteiger partial charge in [0.25, 0.3) is 10.1 Å². The number of hydrogen-bond donors (Lipinski definition) is 3. The number of aromatic nitrogens is 2. The standard InChI is InChI=1S/C26H22N2O5S/c1-14-10-11-16(12-15(14)2)17-6-4-8-19(25(17)33-3)26-27-20-13-22(34(30,31)32)18-7-5-9-21(29)23(18)24(20)28-26/h4-13,29H,1-3H3,(H,27,28)(H,30,31,32). The molecule has 0 aliphatic heterocycles. The molecule has 4 aromatic carbocycles. The lowest BCUT2D eigenvalue weighted by Gasteiger charge is -2.13. The average Bonchev–Trinajstić information content (AvgIpc) is 3.23. The summed E-state index contributed by atoms with van der Waals surface area (Å²) in [5, 5.41) is 10.9. The van der Waals surface area contributed by atoms with Crippen molar-refractivity contribution in [2.45, 2.75) is 18.7 Å². The Hall–Kier alpha value is -3.88. The predicted molar refractivity (Wildman–Crippen MR) is 132 cm³/mol. The van der Waals surface area contributed by atoms with E-state index >= 15 is 0 Å². The monoisotopic (exact) mass is 474 g/mol. The molecule has 0 saturated carbocycles. The molecule has 5 rings (SSSR count). The van der Waals surface area contributed by atoms with Crippen LogP contribution in [-0.2, 0) is 10.1 Å². The summed E-state index contributed by atoms with van der Waals surface area (Å²) in [6.07, 6.45) is 0. The smallest absolute Gasteiger partial charge is 0.295 e. The van der Waals surface area contributed by atoms with Crippen molar-refractivity contribution in [1.29, 1.82) is 0 Å². The summed E-state index contributed by atoms with van der Waals surface area (Å²) >= 11 is 0. The Balaban J connectivity index is 1.79. The van der Waals surface area contributed by atoms with Crippen LogP contribution < -0.4 is 4.74 Å². The second-order valence-corrected chi connectivity index (χ2v) is 9.61. The second-order valence-electron chi connectivity index (χ2n) is 8.22. The first-order chi connectivity index (χ1) is 16.2. The normalized spacial score (nSPS) is 11.9. The molecule has 0 bridgehead atoms. The van der Waals surface area contributed by atoms with Gasteiger partial charge in [-0.15, -0.1) is 0 Å². The molecule has 7 nitrogen and oxygen atoms in total. The van der Waals surface area contributed by atoms with E-state index < -0.39 is 10.1 Å². The number of rotatable bonds is 4. The second kappa shape index (κ2) is 7.86. The predicted octanol–water partition coefficient (Wildman–Crippen LogP) is 5.63. The lowest BCUT2D eigenvalue weighted by atomic mass is 9.97. The number of imidazole rings is 1. The van der Waals surface area contributed by atoms with Gasteiger partial charge < -0.3 is 14.8 Å². The van der Waals surface area contributed by atoms with E-state index in [0.717, 1.165) is 16.7 Å². The average molecular weight is 475 g/mol. The topological polar surface area (TPSA) is 113 Å². The van der Waals surface area contributed by atoms with Crippen molar-refractivity contribution >= 4 is 31.9 Å². The number of methoxy groups -OCH3 is 1. The number of H-pyrrole nitrogens is 1. The highest BCUT2D eigenvalue weighted by Gasteiger charge is 2.22.